The van der Waals surface area contributed by atoms with E-state index in [1.165, 1.54) is 25.7 Å². The fraction of sp³-hybridized carbons (Fsp3) is 0.938. The Labute approximate surface area is 123 Å². The topological polar surface area (TPSA) is 81.1 Å². The third-order valence-corrected chi connectivity index (χ3v) is 5.28. The Morgan fingerprint density at radius 1 is 1.05 bits per heavy atom. The van der Waals surface area contributed by atoms with Gasteiger partial charge in [0.2, 0.25) is 5.91 Å². The summed E-state index contributed by atoms with van der Waals surface area (Å²) in [6, 6.07) is 0. The van der Waals surface area contributed by atoms with Gasteiger partial charge in [0.05, 0.1) is 5.92 Å². The summed E-state index contributed by atoms with van der Waals surface area (Å²) < 4.78 is 0. The van der Waals surface area contributed by atoms with Crippen LogP contribution in [-0.2, 0) is 4.79 Å². The lowest BCUT2D eigenvalue weighted by atomic mass is 9.74. The molecule has 2 atom stereocenters. The van der Waals surface area contributed by atoms with Crippen LogP contribution in [0.4, 0.5) is 0 Å². The first kappa shape index (κ1) is 15.8. The predicted octanol–water partition coefficient (Wildman–Crippen LogP) is 2.06. The lowest BCUT2D eigenvalue weighted by molar-refractivity contribution is -0.128. The van der Waals surface area contributed by atoms with E-state index in [9.17, 15) is 4.79 Å². The van der Waals surface area contributed by atoms with Gasteiger partial charge < -0.3 is 16.8 Å². The zero-order valence-corrected chi connectivity index (χ0v) is 12.9. The summed E-state index contributed by atoms with van der Waals surface area (Å²) in [5, 5.41) is 3.10. The molecule has 2 fully saturated rings. The highest BCUT2D eigenvalue weighted by atomic mass is 16.1. The molecule has 0 bridgehead atoms. The van der Waals surface area contributed by atoms with Crippen LogP contribution in [0.3, 0.4) is 0 Å². The summed E-state index contributed by atoms with van der Waals surface area (Å²) in [7, 11) is 0. The van der Waals surface area contributed by atoms with Crippen molar-refractivity contribution in [3.8, 4) is 0 Å². The summed E-state index contributed by atoms with van der Waals surface area (Å²) >= 11 is 0. The molecule has 2 saturated carbocycles. The van der Waals surface area contributed by atoms with E-state index in [-0.39, 0.29) is 22.9 Å². The van der Waals surface area contributed by atoms with Gasteiger partial charge in [-0.05, 0) is 32.6 Å². The molecule has 0 aromatic rings. The monoisotopic (exact) mass is 281 g/mol. The Balaban J connectivity index is 1.87. The summed E-state index contributed by atoms with van der Waals surface area (Å²) in [6.45, 7) is 2.62. The first-order chi connectivity index (χ1) is 9.43. The highest BCUT2D eigenvalue weighted by Gasteiger charge is 2.38. The van der Waals surface area contributed by atoms with Crippen molar-refractivity contribution < 1.29 is 4.79 Å². The van der Waals surface area contributed by atoms with Crippen LogP contribution < -0.4 is 16.8 Å². The van der Waals surface area contributed by atoms with E-state index >= 15 is 0 Å². The minimum absolute atomic E-state index is 0.0503. The van der Waals surface area contributed by atoms with Crippen molar-refractivity contribution in [3.05, 3.63) is 0 Å². The van der Waals surface area contributed by atoms with Gasteiger partial charge in [-0.3, -0.25) is 4.79 Å². The Kier molecular flexibility index (Phi) is 5.08. The molecule has 0 radical (unpaired) electrons. The van der Waals surface area contributed by atoms with Gasteiger partial charge in [-0.15, -0.1) is 0 Å². The summed E-state index contributed by atoms with van der Waals surface area (Å²) in [5.74, 6) is 0.0643. The maximum absolute atomic E-state index is 12.4. The van der Waals surface area contributed by atoms with E-state index in [0.717, 1.165) is 38.5 Å². The molecular formula is C16H31N3O. The Bertz CT molecular complexity index is 333. The van der Waals surface area contributed by atoms with E-state index in [0.29, 0.717) is 6.54 Å². The van der Waals surface area contributed by atoms with Gasteiger partial charge in [0.1, 0.15) is 0 Å². The molecule has 0 aliphatic heterocycles. The van der Waals surface area contributed by atoms with E-state index < -0.39 is 0 Å². The Morgan fingerprint density at radius 3 is 2.25 bits per heavy atom. The van der Waals surface area contributed by atoms with Gasteiger partial charge in [0.15, 0.2) is 0 Å². The molecule has 0 saturated heterocycles. The minimum atomic E-state index is -0.354. The molecule has 4 heteroatoms. The lowest BCUT2D eigenvalue weighted by Gasteiger charge is -2.38. The average Bonchev–Trinajstić information content (AvgIpc) is 2.61. The highest BCUT2D eigenvalue weighted by molar-refractivity contribution is 5.80. The molecule has 4 nitrogen and oxygen atoms in total. The minimum Gasteiger partial charge on any atom is -0.354 e. The van der Waals surface area contributed by atoms with Gasteiger partial charge in [-0.25, -0.2) is 0 Å². The molecule has 1 amide bonds. The zero-order valence-electron chi connectivity index (χ0n) is 12.9. The third kappa shape index (κ3) is 3.95. The Hall–Kier alpha value is -0.610. The van der Waals surface area contributed by atoms with Crippen LogP contribution in [0, 0.1) is 5.92 Å². The van der Waals surface area contributed by atoms with Crippen molar-refractivity contribution in [2.24, 2.45) is 17.4 Å². The molecule has 0 aromatic carbocycles. The van der Waals surface area contributed by atoms with Crippen LogP contribution >= 0.6 is 0 Å². The normalized spacial score (nSPS) is 34.2. The molecule has 0 spiro atoms. The second-order valence-corrected chi connectivity index (χ2v) is 7.30. The average molecular weight is 281 g/mol. The quantitative estimate of drug-likeness (QED) is 0.693. The van der Waals surface area contributed by atoms with Gasteiger partial charge >= 0.3 is 0 Å². The van der Waals surface area contributed by atoms with Crippen LogP contribution in [0.5, 0.6) is 0 Å². The predicted molar refractivity (Wildman–Crippen MR) is 82.2 cm³/mol. The molecule has 2 aliphatic carbocycles. The SMILES string of the molecule is CC1(N)CCCCC1C(=O)NCC1(N)CCCCCC1. The van der Waals surface area contributed by atoms with E-state index in [2.05, 4.69) is 5.32 Å². The molecule has 2 aliphatic rings. The van der Waals surface area contributed by atoms with Crippen molar-refractivity contribution in [3.63, 3.8) is 0 Å². The van der Waals surface area contributed by atoms with Crippen molar-refractivity contribution in [1.29, 1.82) is 0 Å². The fourth-order valence-electron chi connectivity index (χ4n) is 3.78. The summed E-state index contributed by atoms with van der Waals surface area (Å²) in [4.78, 5) is 12.4. The smallest absolute Gasteiger partial charge is 0.225 e. The largest absolute Gasteiger partial charge is 0.354 e. The van der Waals surface area contributed by atoms with Crippen LogP contribution in [0.25, 0.3) is 0 Å². The standard InChI is InChI=1S/C16H31N3O/c1-15(17)9-7-4-8-13(15)14(20)19-12-16(18)10-5-2-3-6-11-16/h13H,2-12,17-18H2,1H3,(H,19,20). The second kappa shape index (κ2) is 6.44. The first-order valence-electron chi connectivity index (χ1n) is 8.28. The lowest BCUT2D eigenvalue weighted by Crippen LogP contribution is -2.56. The molecule has 0 heterocycles. The highest BCUT2D eigenvalue weighted by Crippen LogP contribution is 2.32. The van der Waals surface area contributed by atoms with Crippen molar-refractivity contribution in [2.45, 2.75) is 82.2 Å². The van der Waals surface area contributed by atoms with E-state index in [1.807, 2.05) is 6.92 Å². The van der Waals surface area contributed by atoms with Crippen molar-refractivity contribution in [1.82, 2.24) is 5.32 Å². The number of nitrogens with one attached hydrogen (secondary N) is 1. The zero-order chi connectivity index (χ0) is 14.6. The molecule has 5 N–H and O–H groups in total. The number of rotatable bonds is 3. The van der Waals surface area contributed by atoms with Crippen LogP contribution in [0.15, 0.2) is 0 Å². The van der Waals surface area contributed by atoms with Gasteiger partial charge in [0, 0.05) is 17.6 Å². The van der Waals surface area contributed by atoms with Crippen LogP contribution in [-0.4, -0.2) is 23.5 Å². The number of carbonyl (C=O) groups is 1. The molecule has 116 valence electrons. The number of hydrogen-bond donors (Lipinski definition) is 3. The maximum Gasteiger partial charge on any atom is 0.225 e. The third-order valence-electron chi connectivity index (χ3n) is 5.28. The van der Waals surface area contributed by atoms with E-state index in [4.69, 9.17) is 11.5 Å². The van der Waals surface area contributed by atoms with Crippen molar-refractivity contribution >= 4 is 5.91 Å². The number of amides is 1. The van der Waals surface area contributed by atoms with Gasteiger partial charge in [-0.2, -0.15) is 0 Å². The van der Waals surface area contributed by atoms with Crippen molar-refractivity contribution in [2.75, 3.05) is 6.54 Å². The number of hydrogen-bond acceptors (Lipinski definition) is 3. The number of nitrogens with two attached hydrogens (primary N) is 2. The molecule has 2 rings (SSSR count). The summed E-state index contributed by atoms with van der Waals surface area (Å²) in [6.07, 6.45) is 11.1. The molecule has 0 aromatic heterocycles. The molecule has 2 unspecified atom stereocenters. The molecule has 20 heavy (non-hydrogen) atoms. The van der Waals surface area contributed by atoms with Gasteiger partial charge in [0.25, 0.3) is 0 Å². The molecular weight excluding hydrogens is 250 g/mol. The maximum atomic E-state index is 12.4. The fourth-order valence-corrected chi connectivity index (χ4v) is 3.78. The number of carbonyl (C=O) groups excluding carboxylic acids is 1. The van der Waals surface area contributed by atoms with Crippen LogP contribution in [0.2, 0.25) is 0 Å². The van der Waals surface area contributed by atoms with E-state index in [1.54, 1.807) is 0 Å². The Morgan fingerprint density at radius 2 is 1.65 bits per heavy atom. The van der Waals surface area contributed by atoms with Crippen LogP contribution in [0.1, 0.15) is 71.1 Å². The first-order valence-corrected chi connectivity index (χ1v) is 8.28. The van der Waals surface area contributed by atoms with Gasteiger partial charge in [-0.1, -0.05) is 38.5 Å². The summed E-state index contributed by atoms with van der Waals surface area (Å²) in [5.41, 5.74) is 12.2. The second-order valence-electron chi connectivity index (χ2n) is 7.30.